The molecule has 0 aliphatic carbocycles. The van der Waals surface area contributed by atoms with Gasteiger partial charge < -0.3 is 9.80 Å². The minimum atomic E-state index is -0.116. The highest BCUT2D eigenvalue weighted by Gasteiger charge is 2.20. The third-order valence-electron chi connectivity index (χ3n) is 4.69. The zero-order chi connectivity index (χ0) is 18.5. The van der Waals surface area contributed by atoms with Crippen LogP contribution in [0.3, 0.4) is 0 Å². The Hall–Kier alpha value is -2.76. The van der Waals surface area contributed by atoms with Crippen molar-refractivity contribution in [2.24, 2.45) is 0 Å². The van der Waals surface area contributed by atoms with Gasteiger partial charge in [-0.3, -0.25) is 14.6 Å². The molecule has 2 aromatic heterocycles. The Bertz CT molecular complexity index is 812. The van der Waals surface area contributed by atoms with Gasteiger partial charge in [0.1, 0.15) is 11.5 Å². The van der Waals surface area contributed by atoms with E-state index in [1.165, 1.54) is 0 Å². The molecule has 26 heavy (non-hydrogen) atoms. The molecular formula is C20H26N4O2. The molecule has 3 rings (SSSR count). The van der Waals surface area contributed by atoms with E-state index in [1.807, 2.05) is 30.9 Å². The predicted molar refractivity (Wildman–Crippen MR) is 102 cm³/mol. The fourth-order valence-electron chi connectivity index (χ4n) is 3.21. The van der Waals surface area contributed by atoms with Crippen LogP contribution in [0.4, 0.5) is 5.82 Å². The van der Waals surface area contributed by atoms with Crippen LogP contribution in [-0.2, 0) is 4.79 Å². The molecule has 1 aliphatic rings. The second kappa shape index (κ2) is 8.08. The van der Waals surface area contributed by atoms with Crippen LogP contribution in [0.1, 0.15) is 42.9 Å². The molecule has 1 aliphatic heterocycles. The third-order valence-corrected chi connectivity index (χ3v) is 4.69. The van der Waals surface area contributed by atoms with Gasteiger partial charge in [-0.15, -0.1) is 0 Å². The Kier molecular flexibility index (Phi) is 5.61. The zero-order valence-corrected chi connectivity index (χ0v) is 15.3. The van der Waals surface area contributed by atoms with E-state index in [-0.39, 0.29) is 13.1 Å². The fraction of sp³-hybridized carbons (Fsp3) is 0.400. The topological polar surface area (TPSA) is 66.4 Å². The standard InChI is InChI=1S/C20H24N4O2.H2/c1-3-19(25)24-12-6-11-23(13-14-24)18-9-4-8-17(22-18)20(26)16-7-5-10-21-15(16)2;/h4-5,7-10H,3,6,11-14H2,1-2H3;1H. The lowest BCUT2D eigenvalue weighted by Crippen LogP contribution is -2.35. The number of anilines is 1. The van der Waals surface area contributed by atoms with Gasteiger partial charge in [-0.1, -0.05) is 13.0 Å². The highest BCUT2D eigenvalue weighted by molar-refractivity contribution is 6.08. The molecule has 1 fully saturated rings. The first kappa shape index (κ1) is 18.0. The SMILES string of the molecule is CCC(=O)N1CCCN(c2cccc(C(=O)c3cccnc3C)n2)CC1.[HH]. The van der Waals surface area contributed by atoms with E-state index in [1.54, 1.807) is 24.4 Å². The molecule has 1 amide bonds. The fourth-order valence-corrected chi connectivity index (χ4v) is 3.21. The van der Waals surface area contributed by atoms with E-state index < -0.39 is 0 Å². The number of carbonyl (C=O) groups excluding carboxylic acids is 2. The summed E-state index contributed by atoms with van der Waals surface area (Å²) in [5, 5.41) is 0. The Morgan fingerprint density at radius 3 is 2.73 bits per heavy atom. The molecular weight excluding hydrogens is 328 g/mol. The molecule has 0 atom stereocenters. The van der Waals surface area contributed by atoms with E-state index >= 15 is 0 Å². The highest BCUT2D eigenvalue weighted by Crippen LogP contribution is 2.17. The van der Waals surface area contributed by atoms with Crippen molar-refractivity contribution in [3.8, 4) is 0 Å². The molecule has 0 unspecified atom stereocenters. The largest absolute Gasteiger partial charge is 0.355 e. The second-order valence-electron chi connectivity index (χ2n) is 6.42. The molecule has 0 aromatic carbocycles. The maximum atomic E-state index is 12.8. The van der Waals surface area contributed by atoms with Crippen LogP contribution in [0, 0.1) is 6.92 Å². The maximum Gasteiger partial charge on any atom is 0.222 e. The number of hydrogen-bond donors (Lipinski definition) is 0. The van der Waals surface area contributed by atoms with Crippen LogP contribution in [0.25, 0.3) is 0 Å². The van der Waals surface area contributed by atoms with Crippen LogP contribution in [0.5, 0.6) is 0 Å². The van der Waals surface area contributed by atoms with Crippen LogP contribution in [0.15, 0.2) is 36.5 Å². The molecule has 138 valence electrons. The zero-order valence-electron chi connectivity index (χ0n) is 15.3. The first-order valence-corrected chi connectivity index (χ1v) is 9.06. The second-order valence-corrected chi connectivity index (χ2v) is 6.42. The molecule has 1 saturated heterocycles. The van der Waals surface area contributed by atoms with Gasteiger partial charge in [0.25, 0.3) is 0 Å². The minimum Gasteiger partial charge on any atom is -0.355 e. The van der Waals surface area contributed by atoms with Crippen molar-refractivity contribution in [1.29, 1.82) is 0 Å². The Balaban J connectivity index is 0.00000261. The van der Waals surface area contributed by atoms with Crippen molar-refractivity contribution < 1.29 is 11.0 Å². The monoisotopic (exact) mass is 354 g/mol. The lowest BCUT2D eigenvalue weighted by atomic mass is 10.1. The number of amides is 1. The van der Waals surface area contributed by atoms with Crippen molar-refractivity contribution in [3.05, 3.63) is 53.5 Å². The summed E-state index contributed by atoms with van der Waals surface area (Å²) >= 11 is 0. The van der Waals surface area contributed by atoms with Crippen molar-refractivity contribution in [3.63, 3.8) is 0 Å². The molecule has 6 heteroatoms. The van der Waals surface area contributed by atoms with Crippen LogP contribution in [-0.4, -0.2) is 52.7 Å². The minimum absolute atomic E-state index is 0. The van der Waals surface area contributed by atoms with Gasteiger partial charge in [0, 0.05) is 51.5 Å². The Morgan fingerprint density at radius 2 is 1.96 bits per heavy atom. The number of hydrogen-bond acceptors (Lipinski definition) is 5. The molecule has 0 saturated carbocycles. The summed E-state index contributed by atoms with van der Waals surface area (Å²) in [6.45, 7) is 6.73. The van der Waals surface area contributed by atoms with Crippen molar-refractivity contribution in [2.75, 3.05) is 31.1 Å². The molecule has 0 spiro atoms. The molecule has 0 N–H and O–H groups in total. The van der Waals surface area contributed by atoms with E-state index in [9.17, 15) is 9.59 Å². The number of rotatable bonds is 4. The predicted octanol–water partition coefficient (Wildman–Crippen LogP) is 2.71. The normalized spacial score (nSPS) is 14.8. The third kappa shape index (κ3) is 3.90. The average molecular weight is 354 g/mol. The first-order valence-electron chi connectivity index (χ1n) is 9.06. The summed E-state index contributed by atoms with van der Waals surface area (Å²) in [6, 6.07) is 9.06. The lowest BCUT2D eigenvalue weighted by Gasteiger charge is -2.23. The van der Waals surface area contributed by atoms with Crippen LogP contribution >= 0.6 is 0 Å². The summed E-state index contributed by atoms with van der Waals surface area (Å²) in [4.78, 5) is 37.5. The van der Waals surface area contributed by atoms with Gasteiger partial charge in [0.15, 0.2) is 0 Å². The van der Waals surface area contributed by atoms with Gasteiger partial charge in [0.05, 0.1) is 0 Å². The molecule has 0 bridgehead atoms. The number of carbonyl (C=O) groups is 2. The van der Waals surface area contributed by atoms with Crippen LogP contribution in [0.2, 0.25) is 0 Å². The van der Waals surface area contributed by atoms with Crippen molar-refractivity contribution in [1.82, 2.24) is 14.9 Å². The van der Waals surface area contributed by atoms with E-state index in [2.05, 4.69) is 14.9 Å². The number of pyridine rings is 2. The summed E-state index contributed by atoms with van der Waals surface area (Å²) in [7, 11) is 0. The quantitative estimate of drug-likeness (QED) is 0.790. The number of aryl methyl sites for hydroxylation is 1. The van der Waals surface area contributed by atoms with Gasteiger partial charge in [-0.2, -0.15) is 0 Å². The highest BCUT2D eigenvalue weighted by atomic mass is 16.2. The summed E-state index contributed by atoms with van der Waals surface area (Å²) in [5.41, 5.74) is 1.70. The Morgan fingerprint density at radius 1 is 1.12 bits per heavy atom. The van der Waals surface area contributed by atoms with Gasteiger partial charge >= 0.3 is 0 Å². The Labute approximate surface area is 155 Å². The van der Waals surface area contributed by atoms with E-state index in [4.69, 9.17) is 0 Å². The summed E-state index contributed by atoms with van der Waals surface area (Å²) in [5.74, 6) is 0.856. The first-order chi connectivity index (χ1) is 12.6. The number of nitrogens with zero attached hydrogens (tertiary/aromatic N) is 4. The van der Waals surface area contributed by atoms with Gasteiger partial charge in [-0.05, 0) is 37.6 Å². The lowest BCUT2D eigenvalue weighted by molar-refractivity contribution is -0.130. The molecule has 0 radical (unpaired) electrons. The van der Waals surface area contributed by atoms with Gasteiger partial charge in [0.2, 0.25) is 11.7 Å². The number of aromatic nitrogens is 2. The summed E-state index contributed by atoms with van der Waals surface area (Å²) in [6.07, 6.45) is 3.11. The smallest absolute Gasteiger partial charge is 0.222 e. The molecule has 6 nitrogen and oxygen atoms in total. The number of ketones is 1. The van der Waals surface area contributed by atoms with Crippen molar-refractivity contribution in [2.45, 2.75) is 26.7 Å². The molecule has 2 aromatic rings. The average Bonchev–Trinajstić information content (AvgIpc) is 2.93. The van der Waals surface area contributed by atoms with E-state index in [0.717, 1.165) is 31.9 Å². The van der Waals surface area contributed by atoms with E-state index in [0.29, 0.717) is 29.9 Å². The van der Waals surface area contributed by atoms with Crippen LogP contribution < -0.4 is 4.90 Å². The summed E-state index contributed by atoms with van der Waals surface area (Å²) < 4.78 is 0. The van der Waals surface area contributed by atoms with Gasteiger partial charge in [-0.25, -0.2) is 4.98 Å². The van der Waals surface area contributed by atoms with Crippen molar-refractivity contribution >= 4 is 17.5 Å². The molecule has 3 heterocycles. The maximum absolute atomic E-state index is 12.8.